The first-order valence-corrected chi connectivity index (χ1v) is 7.39. The van der Waals surface area contributed by atoms with Crippen molar-refractivity contribution in [1.82, 2.24) is 4.98 Å². The topological polar surface area (TPSA) is 91.5 Å². The van der Waals surface area contributed by atoms with Gasteiger partial charge in [-0.25, -0.2) is 0 Å². The number of H-pyrrole nitrogens is 1. The number of carbonyl (C=O) groups excluding carboxylic acids is 1. The van der Waals surface area contributed by atoms with Crippen molar-refractivity contribution in [3.05, 3.63) is 24.3 Å². The van der Waals surface area contributed by atoms with E-state index in [9.17, 15) is 9.90 Å². The molecular formula is C15H19N4O3+. The summed E-state index contributed by atoms with van der Waals surface area (Å²) in [6, 6.07) is 7.35. The van der Waals surface area contributed by atoms with Crippen molar-refractivity contribution in [3.63, 3.8) is 0 Å². The van der Waals surface area contributed by atoms with Gasteiger partial charge in [0.15, 0.2) is 5.69 Å². The molecule has 116 valence electrons. The van der Waals surface area contributed by atoms with Crippen LogP contribution in [-0.2, 0) is 9.53 Å². The highest BCUT2D eigenvalue weighted by Crippen LogP contribution is 2.35. The molecule has 0 radical (unpaired) electrons. The predicted octanol–water partition coefficient (Wildman–Crippen LogP) is 0.789. The molecule has 1 aliphatic rings. The number of hydrogen-bond donors (Lipinski definition) is 3. The molecular weight excluding hydrogens is 284 g/mol. The molecule has 1 amide bonds. The standard InChI is InChI=1S/C15H18N4O3/c20-13(5-6-19-7-9-22-10-8-19)17-18-14-11-3-1-2-4-12(11)16-15(14)21/h1-4,16,21H,5-10H2/p+1. The van der Waals surface area contributed by atoms with Crippen LogP contribution in [0.4, 0.5) is 5.69 Å². The minimum absolute atomic E-state index is 0.0726. The Balaban J connectivity index is 1.62. The van der Waals surface area contributed by atoms with Crippen LogP contribution in [0.5, 0.6) is 5.88 Å². The van der Waals surface area contributed by atoms with Crippen LogP contribution < -0.4 is 4.90 Å². The Bertz CT molecular complexity index is 689. The van der Waals surface area contributed by atoms with Crippen molar-refractivity contribution < 1.29 is 19.5 Å². The fraction of sp³-hybridized carbons (Fsp3) is 0.400. The summed E-state index contributed by atoms with van der Waals surface area (Å²) in [6.45, 7) is 4.07. The summed E-state index contributed by atoms with van der Waals surface area (Å²) >= 11 is 0. The summed E-state index contributed by atoms with van der Waals surface area (Å²) in [7, 11) is 0. The predicted molar refractivity (Wildman–Crippen MR) is 80.5 cm³/mol. The number of fused-ring (bicyclic) bond motifs is 1. The van der Waals surface area contributed by atoms with Crippen LogP contribution >= 0.6 is 0 Å². The average Bonchev–Trinajstić information content (AvgIpc) is 2.87. The molecule has 7 nitrogen and oxygen atoms in total. The highest BCUT2D eigenvalue weighted by molar-refractivity contribution is 5.94. The average molecular weight is 303 g/mol. The molecule has 3 rings (SSSR count). The van der Waals surface area contributed by atoms with E-state index in [0.29, 0.717) is 12.1 Å². The molecule has 3 N–H and O–H groups in total. The van der Waals surface area contributed by atoms with E-state index in [4.69, 9.17) is 4.74 Å². The maximum Gasteiger partial charge on any atom is 0.270 e. The van der Waals surface area contributed by atoms with Crippen LogP contribution in [0.3, 0.4) is 0 Å². The number of morpholine rings is 1. The van der Waals surface area contributed by atoms with Gasteiger partial charge in [-0.1, -0.05) is 18.2 Å². The van der Waals surface area contributed by atoms with E-state index in [2.05, 4.69) is 15.2 Å². The number of para-hydroxylation sites is 1. The molecule has 7 heteroatoms. The zero-order chi connectivity index (χ0) is 15.4. The number of nitrogens with zero attached hydrogens (tertiary/aromatic N) is 2. The summed E-state index contributed by atoms with van der Waals surface area (Å²) in [4.78, 5) is 16.0. The van der Waals surface area contributed by atoms with Gasteiger partial charge in [0.25, 0.3) is 5.91 Å². The third kappa shape index (κ3) is 3.32. The van der Waals surface area contributed by atoms with E-state index < -0.39 is 0 Å². The Morgan fingerprint density at radius 1 is 1.32 bits per heavy atom. The van der Waals surface area contributed by atoms with Crippen molar-refractivity contribution in [2.75, 3.05) is 32.8 Å². The van der Waals surface area contributed by atoms with Crippen molar-refractivity contribution in [2.24, 2.45) is 10.2 Å². The van der Waals surface area contributed by atoms with Crippen LogP contribution in [0, 0.1) is 0 Å². The zero-order valence-electron chi connectivity index (χ0n) is 12.2. The highest BCUT2D eigenvalue weighted by atomic mass is 16.5. The molecule has 0 atom stereocenters. The van der Waals surface area contributed by atoms with Gasteiger partial charge in [-0.05, 0) is 6.07 Å². The van der Waals surface area contributed by atoms with Gasteiger partial charge in [-0.2, -0.15) is 0 Å². The SMILES string of the molecule is O=C(CC[NH+]1CCOCC1)N=Nc1c(O)[nH]c2ccccc12. The maximum absolute atomic E-state index is 11.8. The van der Waals surface area contributed by atoms with Gasteiger partial charge in [0.1, 0.15) is 13.1 Å². The number of hydrogen-bond acceptors (Lipinski definition) is 4. The Morgan fingerprint density at radius 2 is 2.09 bits per heavy atom. The second kappa shape index (κ2) is 6.67. The number of ether oxygens (including phenoxy) is 1. The van der Waals surface area contributed by atoms with Crippen LogP contribution in [0.1, 0.15) is 6.42 Å². The van der Waals surface area contributed by atoms with Gasteiger partial charge >= 0.3 is 0 Å². The number of amides is 1. The first-order valence-electron chi connectivity index (χ1n) is 7.39. The Labute approximate surface area is 127 Å². The number of azo groups is 1. The lowest BCUT2D eigenvalue weighted by Crippen LogP contribution is -3.14. The molecule has 0 bridgehead atoms. The van der Waals surface area contributed by atoms with E-state index in [1.54, 1.807) is 0 Å². The smallest absolute Gasteiger partial charge is 0.270 e. The molecule has 0 saturated carbocycles. The lowest BCUT2D eigenvalue weighted by Gasteiger charge is -2.22. The largest absolute Gasteiger partial charge is 0.493 e. The Morgan fingerprint density at radius 3 is 2.91 bits per heavy atom. The molecule has 2 aromatic rings. The van der Waals surface area contributed by atoms with Crippen LogP contribution in [0.25, 0.3) is 10.9 Å². The summed E-state index contributed by atoms with van der Waals surface area (Å²) in [6.07, 6.45) is 0.349. The van der Waals surface area contributed by atoms with Crippen LogP contribution in [-0.4, -0.2) is 48.8 Å². The number of rotatable bonds is 4. The van der Waals surface area contributed by atoms with Crippen LogP contribution in [0.15, 0.2) is 34.5 Å². The molecule has 22 heavy (non-hydrogen) atoms. The minimum atomic E-state index is -0.274. The highest BCUT2D eigenvalue weighted by Gasteiger charge is 2.15. The second-order valence-corrected chi connectivity index (χ2v) is 5.32. The van der Waals surface area contributed by atoms with Gasteiger partial charge in [0.05, 0.1) is 31.7 Å². The first kappa shape index (κ1) is 14.7. The van der Waals surface area contributed by atoms with Crippen molar-refractivity contribution in [2.45, 2.75) is 6.42 Å². The fourth-order valence-corrected chi connectivity index (χ4v) is 2.56. The van der Waals surface area contributed by atoms with Gasteiger partial charge in [-0.15, -0.1) is 10.2 Å². The van der Waals surface area contributed by atoms with E-state index in [-0.39, 0.29) is 11.8 Å². The molecule has 1 fully saturated rings. The number of quaternary nitrogens is 1. The fourth-order valence-electron chi connectivity index (χ4n) is 2.56. The van der Waals surface area contributed by atoms with E-state index >= 15 is 0 Å². The van der Waals surface area contributed by atoms with Gasteiger partial charge in [0.2, 0.25) is 5.88 Å². The second-order valence-electron chi connectivity index (χ2n) is 5.32. The zero-order valence-corrected chi connectivity index (χ0v) is 12.2. The number of aromatic nitrogens is 1. The molecule has 2 heterocycles. The molecule has 1 aromatic heterocycles. The van der Waals surface area contributed by atoms with Gasteiger partial charge in [-0.3, -0.25) is 4.79 Å². The monoisotopic (exact) mass is 303 g/mol. The van der Waals surface area contributed by atoms with Gasteiger partial charge in [0, 0.05) is 5.39 Å². The van der Waals surface area contributed by atoms with E-state index in [1.807, 2.05) is 24.3 Å². The number of carbonyl (C=O) groups is 1. The number of aromatic amines is 1. The minimum Gasteiger partial charge on any atom is -0.493 e. The van der Waals surface area contributed by atoms with Crippen molar-refractivity contribution >= 4 is 22.5 Å². The number of aromatic hydroxyl groups is 1. The third-order valence-electron chi connectivity index (χ3n) is 3.81. The Hall–Kier alpha value is -2.25. The summed E-state index contributed by atoms with van der Waals surface area (Å²) in [5.74, 6) is -0.347. The lowest BCUT2D eigenvalue weighted by molar-refractivity contribution is -0.907. The van der Waals surface area contributed by atoms with E-state index in [1.165, 1.54) is 4.90 Å². The van der Waals surface area contributed by atoms with Crippen LogP contribution in [0.2, 0.25) is 0 Å². The number of nitrogens with one attached hydrogen (secondary N) is 2. The first-order chi connectivity index (χ1) is 10.7. The molecule has 0 spiro atoms. The molecule has 0 aliphatic carbocycles. The Kier molecular flexibility index (Phi) is 4.45. The molecule has 1 aliphatic heterocycles. The summed E-state index contributed by atoms with van der Waals surface area (Å²) < 4.78 is 5.28. The lowest BCUT2D eigenvalue weighted by atomic mass is 10.2. The maximum atomic E-state index is 11.8. The molecule has 1 saturated heterocycles. The quantitative estimate of drug-likeness (QED) is 0.729. The summed E-state index contributed by atoms with van der Waals surface area (Å²) in [5, 5.41) is 18.2. The van der Waals surface area contributed by atoms with E-state index in [0.717, 1.165) is 43.8 Å². The van der Waals surface area contributed by atoms with Crippen molar-refractivity contribution in [1.29, 1.82) is 0 Å². The summed E-state index contributed by atoms with van der Waals surface area (Å²) in [5.41, 5.74) is 1.07. The molecule has 1 aromatic carbocycles. The van der Waals surface area contributed by atoms with Gasteiger partial charge < -0.3 is 19.7 Å². The number of benzene rings is 1. The van der Waals surface area contributed by atoms with Crippen molar-refractivity contribution in [3.8, 4) is 5.88 Å². The third-order valence-corrected chi connectivity index (χ3v) is 3.81. The normalized spacial score (nSPS) is 16.5. The molecule has 0 unspecified atom stereocenters.